The SMILES string of the molecule is COC(CNC(=S)c1cccc(Br)c1)OC. The molecule has 0 amide bonds. The van der Waals surface area contributed by atoms with E-state index in [1.165, 1.54) is 0 Å². The number of hydrogen-bond donors (Lipinski definition) is 1. The lowest BCUT2D eigenvalue weighted by molar-refractivity contribution is -0.0964. The van der Waals surface area contributed by atoms with Gasteiger partial charge in [0.05, 0.1) is 6.54 Å². The second-order valence-electron chi connectivity index (χ2n) is 3.12. The molecule has 0 aliphatic heterocycles. The van der Waals surface area contributed by atoms with Crippen LogP contribution in [0.15, 0.2) is 28.7 Å². The van der Waals surface area contributed by atoms with Gasteiger partial charge in [-0.05, 0) is 12.1 Å². The van der Waals surface area contributed by atoms with Gasteiger partial charge in [-0.3, -0.25) is 0 Å². The Hall–Kier alpha value is -0.490. The van der Waals surface area contributed by atoms with Crippen molar-refractivity contribution < 1.29 is 9.47 Å². The normalized spacial score (nSPS) is 10.5. The van der Waals surface area contributed by atoms with Crippen molar-refractivity contribution in [3.63, 3.8) is 0 Å². The van der Waals surface area contributed by atoms with Crippen LogP contribution >= 0.6 is 28.1 Å². The van der Waals surface area contributed by atoms with Gasteiger partial charge in [-0.25, -0.2) is 0 Å². The average molecular weight is 304 g/mol. The van der Waals surface area contributed by atoms with E-state index < -0.39 is 0 Å². The minimum Gasteiger partial charge on any atom is -0.371 e. The summed E-state index contributed by atoms with van der Waals surface area (Å²) >= 11 is 8.65. The van der Waals surface area contributed by atoms with Crippen molar-refractivity contribution in [2.45, 2.75) is 6.29 Å². The summed E-state index contributed by atoms with van der Waals surface area (Å²) in [5.41, 5.74) is 0.968. The molecule has 3 nitrogen and oxygen atoms in total. The Kier molecular flexibility index (Phi) is 5.90. The van der Waals surface area contributed by atoms with Crippen molar-refractivity contribution in [1.82, 2.24) is 5.32 Å². The summed E-state index contributed by atoms with van der Waals surface area (Å²) in [5.74, 6) is 0. The molecular weight excluding hydrogens is 290 g/mol. The molecule has 0 aliphatic rings. The van der Waals surface area contributed by atoms with Crippen molar-refractivity contribution in [3.05, 3.63) is 34.3 Å². The van der Waals surface area contributed by atoms with Crippen LogP contribution in [0.4, 0.5) is 0 Å². The van der Waals surface area contributed by atoms with Gasteiger partial charge in [-0.2, -0.15) is 0 Å². The number of rotatable bonds is 5. The molecule has 0 saturated heterocycles. The first-order valence-electron chi connectivity index (χ1n) is 4.76. The molecule has 0 saturated carbocycles. The van der Waals surface area contributed by atoms with Crippen LogP contribution < -0.4 is 5.32 Å². The van der Waals surface area contributed by atoms with Crippen molar-refractivity contribution in [1.29, 1.82) is 0 Å². The lowest BCUT2D eigenvalue weighted by atomic mass is 10.2. The second kappa shape index (κ2) is 6.96. The van der Waals surface area contributed by atoms with E-state index >= 15 is 0 Å². The van der Waals surface area contributed by atoms with E-state index in [0.29, 0.717) is 11.5 Å². The molecule has 1 N–H and O–H groups in total. The highest BCUT2D eigenvalue weighted by molar-refractivity contribution is 9.10. The second-order valence-corrected chi connectivity index (χ2v) is 4.45. The summed E-state index contributed by atoms with van der Waals surface area (Å²) in [6, 6.07) is 7.81. The maximum Gasteiger partial charge on any atom is 0.173 e. The van der Waals surface area contributed by atoms with Crippen molar-refractivity contribution in [3.8, 4) is 0 Å². The van der Waals surface area contributed by atoms with Crippen LogP contribution in [-0.4, -0.2) is 32.0 Å². The van der Waals surface area contributed by atoms with E-state index in [-0.39, 0.29) is 6.29 Å². The Morgan fingerprint density at radius 1 is 1.44 bits per heavy atom. The van der Waals surface area contributed by atoms with Crippen LogP contribution in [0.1, 0.15) is 5.56 Å². The Labute approximate surface area is 109 Å². The van der Waals surface area contributed by atoms with Crippen molar-refractivity contribution in [2.24, 2.45) is 0 Å². The Balaban J connectivity index is 2.52. The molecule has 1 aromatic carbocycles. The fourth-order valence-corrected chi connectivity index (χ4v) is 1.78. The van der Waals surface area contributed by atoms with E-state index in [9.17, 15) is 0 Å². The maximum absolute atomic E-state index is 5.25. The summed E-state index contributed by atoms with van der Waals surface area (Å²) in [4.78, 5) is 0.681. The zero-order chi connectivity index (χ0) is 12.0. The molecule has 0 bridgehead atoms. The lowest BCUT2D eigenvalue weighted by Gasteiger charge is -2.15. The van der Waals surface area contributed by atoms with Gasteiger partial charge in [-0.1, -0.05) is 40.3 Å². The van der Waals surface area contributed by atoms with E-state index in [1.54, 1.807) is 14.2 Å². The van der Waals surface area contributed by atoms with Gasteiger partial charge in [0.25, 0.3) is 0 Å². The third-order valence-corrected chi connectivity index (χ3v) is 2.92. The predicted octanol–water partition coefficient (Wildman–Crippen LogP) is 2.33. The number of benzene rings is 1. The first-order chi connectivity index (χ1) is 7.67. The molecule has 0 aromatic heterocycles. The summed E-state index contributed by atoms with van der Waals surface area (Å²) in [5, 5.41) is 3.09. The van der Waals surface area contributed by atoms with Gasteiger partial charge in [0, 0.05) is 24.3 Å². The first kappa shape index (κ1) is 13.6. The minimum atomic E-state index is -0.287. The van der Waals surface area contributed by atoms with Crippen LogP contribution in [0.5, 0.6) is 0 Å². The zero-order valence-electron chi connectivity index (χ0n) is 9.20. The molecular formula is C11H14BrNO2S. The van der Waals surface area contributed by atoms with Crippen molar-refractivity contribution >= 4 is 33.1 Å². The van der Waals surface area contributed by atoms with Crippen LogP contribution in [-0.2, 0) is 9.47 Å². The predicted molar refractivity (Wildman–Crippen MR) is 71.7 cm³/mol. The smallest absolute Gasteiger partial charge is 0.173 e. The van der Waals surface area contributed by atoms with E-state index in [0.717, 1.165) is 10.0 Å². The lowest BCUT2D eigenvalue weighted by Crippen LogP contribution is -2.33. The highest BCUT2D eigenvalue weighted by atomic mass is 79.9. The van der Waals surface area contributed by atoms with Crippen molar-refractivity contribution in [2.75, 3.05) is 20.8 Å². The summed E-state index contributed by atoms with van der Waals surface area (Å²) in [6.07, 6.45) is -0.287. The fraction of sp³-hybridized carbons (Fsp3) is 0.364. The minimum absolute atomic E-state index is 0.287. The Morgan fingerprint density at radius 3 is 2.69 bits per heavy atom. The monoisotopic (exact) mass is 303 g/mol. The first-order valence-corrected chi connectivity index (χ1v) is 5.97. The molecule has 16 heavy (non-hydrogen) atoms. The highest BCUT2D eigenvalue weighted by Gasteiger charge is 2.06. The van der Waals surface area contributed by atoms with Gasteiger partial charge < -0.3 is 14.8 Å². The molecule has 1 aromatic rings. The molecule has 0 fully saturated rings. The highest BCUT2D eigenvalue weighted by Crippen LogP contribution is 2.11. The molecule has 0 unspecified atom stereocenters. The average Bonchev–Trinajstić information content (AvgIpc) is 2.30. The third-order valence-electron chi connectivity index (χ3n) is 2.04. The molecule has 0 atom stereocenters. The topological polar surface area (TPSA) is 30.5 Å². The fourth-order valence-electron chi connectivity index (χ4n) is 1.17. The molecule has 1 rings (SSSR count). The van der Waals surface area contributed by atoms with Crippen LogP contribution in [0.25, 0.3) is 0 Å². The molecule has 0 radical (unpaired) electrons. The number of hydrogen-bond acceptors (Lipinski definition) is 3. The number of ether oxygens (including phenoxy) is 2. The summed E-state index contributed by atoms with van der Waals surface area (Å²) < 4.78 is 11.1. The van der Waals surface area contributed by atoms with E-state index in [1.807, 2.05) is 24.3 Å². The maximum atomic E-state index is 5.25. The van der Waals surface area contributed by atoms with Gasteiger partial charge in [0.15, 0.2) is 6.29 Å². The van der Waals surface area contributed by atoms with Gasteiger partial charge in [0.1, 0.15) is 4.99 Å². The van der Waals surface area contributed by atoms with Gasteiger partial charge >= 0.3 is 0 Å². The van der Waals surface area contributed by atoms with Gasteiger partial charge in [-0.15, -0.1) is 0 Å². The van der Waals surface area contributed by atoms with E-state index in [4.69, 9.17) is 21.7 Å². The number of methoxy groups -OCH3 is 2. The Morgan fingerprint density at radius 2 is 2.12 bits per heavy atom. The molecule has 5 heteroatoms. The molecule has 88 valence electrons. The van der Waals surface area contributed by atoms with Crippen LogP contribution in [0.3, 0.4) is 0 Å². The van der Waals surface area contributed by atoms with Gasteiger partial charge in [0.2, 0.25) is 0 Å². The quantitative estimate of drug-likeness (QED) is 0.668. The number of thiocarbonyl (C=S) groups is 1. The largest absolute Gasteiger partial charge is 0.371 e. The summed E-state index contributed by atoms with van der Waals surface area (Å²) in [7, 11) is 3.19. The Bertz CT molecular complexity index is 356. The van der Waals surface area contributed by atoms with Crippen LogP contribution in [0, 0.1) is 0 Å². The number of nitrogens with one attached hydrogen (secondary N) is 1. The summed E-state index contributed by atoms with van der Waals surface area (Å²) in [6.45, 7) is 0.526. The number of halogens is 1. The van der Waals surface area contributed by atoms with E-state index in [2.05, 4.69) is 21.2 Å². The molecule has 0 aliphatic carbocycles. The standard InChI is InChI=1S/C11H14BrNO2S/c1-14-10(15-2)7-13-11(16)8-4-3-5-9(12)6-8/h3-6,10H,7H2,1-2H3,(H,13,16). The third kappa shape index (κ3) is 4.17. The molecule has 0 heterocycles. The zero-order valence-corrected chi connectivity index (χ0v) is 11.6. The van der Waals surface area contributed by atoms with Crippen LogP contribution in [0.2, 0.25) is 0 Å². The molecule has 0 spiro atoms.